The monoisotopic (exact) mass is 327 g/mol. The van der Waals surface area contributed by atoms with Gasteiger partial charge in [-0.1, -0.05) is 29.8 Å². The van der Waals surface area contributed by atoms with Crippen molar-refractivity contribution < 1.29 is 4.79 Å². The topological polar surface area (TPSA) is 30.0 Å². The summed E-state index contributed by atoms with van der Waals surface area (Å²) in [7, 11) is 0. The third kappa shape index (κ3) is 4.42. The van der Waals surface area contributed by atoms with Crippen LogP contribution in [-0.4, -0.2) is 11.3 Å². The van der Waals surface area contributed by atoms with E-state index in [0.29, 0.717) is 5.92 Å². The van der Waals surface area contributed by atoms with Gasteiger partial charge in [0.2, 0.25) is 0 Å². The van der Waals surface area contributed by atoms with Crippen molar-refractivity contribution in [1.29, 1.82) is 0 Å². The molecule has 1 aliphatic carbocycles. The fourth-order valence-corrected chi connectivity index (χ4v) is 3.47. The van der Waals surface area contributed by atoms with Gasteiger partial charge in [0, 0.05) is 22.7 Å². The number of benzene rings is 1. The molecule has 0 radical (unpaired) electrons. The van der Waals surface area contributed by atoms with E-state index in [4.69, 9.17) is 11.6 Å². The molecule has 1 saturated carbocycles. The summed E-state index contributed by atoms with van der Waals surface area (Å²) in [6.07, 6.45) is 9.93. The van der Waals surface area contributed by atoms with Crippen LogP contribution in [0.1, 0.15) is 37.7 Å². The lowest BCUT2D eigenvalue weighted by Crippen LogP contribution is -2.15. The maximum atomic E-state index is 10.8. The summed E-state index contributed by atoms with van der Waals surface area (Å²) in [6.45, 7) is 0. The van der Waals surface area contributed by atoms with Gasteiger partial charge >= 0.3 is 0 Å². The zero-order chi connectivity index (χ0) is 16.1. The molecule has 1 heterocycles. The third-order valence-corrected chi connectivity index (χ3v) is 5.14. The molecule has 0 saturated heterocycles. The molecule has 3 rings (SSSR count). The predicted molar refractivity (Wildman–Crippen MR) is 94.5 cm³/mol. The molecule has 1 aromatic carbocycles. The normalized spacial score (nSPS) is 21.1. The average molecular weight is 328 g/mol. The highest BCUT2D eigenvalue weighted by Gasteiger charge is 2.20. The number of aromatic nitrogens is 1. The number of pyridine rings is 1. The summed E-state index contributed by atoms with van der Waals surface area (Å²) in [5.41, 5.74) is 3.37. The van der Waals surface area contributed by atoms with Crippen molar-refractivity contribution in [3.8, 4) is 11.3 Å². The van der Waals surface area contributed by atoms with Crippen LogP contribution in [0.3, 0.4) is 0 Å². The Kier molecular flexibility index (Phi) is 5.45. The van der Waals surface area contributed by atoms with Gasteiger partial charge in [-0.2, -0.15) is 0 Å². The molecule has 0 bridgehead atoms. The highest BCUT2D eigenvalue weighted by Crippen LogP contribution is 2.30. The molecule has 0 aliphatic heterocycles. The molecule has 23 heavy (non-hydrogen) atoms. The van der Waals surface area contributed by atoms with E-state index in [1.165, 1.54) is 24.8 Å². The summed E-state index contributed by atoms with van der Waals surface area (Å²) >= 11 is 5.92. The Morgan fingerprint density at radius 2 is 1.78 bits per heavy atom. The Morgan fingerprint density at radius 1 is 1.04 bits per heavy atom. The molecule has 0 amide bonds. The number of hydrogen-bond acceptors (Lipinski definition) is 2. The van der Waals surface area contributed by atoms with E-state index in [1.807, 2.05) is 30.5 Å². The van der Waals surface area contributed by atoms with Crippen LogP contribution < -0.4 is 0 Å². The highest BCUT2D eigenvalue weighted by atomic mass is 35.5. The van der Waals surface area contributed by atoms with E-state index >= 15 is 0 Å². The van der Waals surface area contributed by atoms with Crippen LogP contribution in [0.4, 0.5) is 0 Å². The minimum absolute atomic E-state index is 0.312. The van der Waals surface area contributed by atoms with Gasteiger partial charge in [-0.3, -0.25) is 4.98 Å². The summed E-state index contributed by atoms with van der Waals surface area (Å²) in [5.74, 6) is 1.08. The van der Waals surface area contributed by atoms with Crippen molar-refractivity contribution in [2.75, 3.05) is 0 Å². The lowest BCUT2D eigenvalue weighted by atomic mass is 9.80. The van der Waals surface area contributed by atoms with Gasteiger partial charge in [-0.05, 0) is 68.2 Å². The highest BCUT2D eigenvalue weighted by molar-refractivity contribution is 6.30. The number of aldehydes is 1. The van der Waals surface area contributed by atoms with Crippen LogP contribution in [0.2, 0.25) is 5.02 Å². The summed E-state index contributed by atoms with van der Waals surface area (Å²) in [6, 6.07) is 12.0. The lowest BCUT2D eigenvalue weighted by molar-refractivity contribution is -0.112. The minimum Gasteiger partial charge on any atom is -0.303 e. The second-order valence-corrected chi connectivity index (χ2v) is 6.95. The molecular weight excluding hydrogens is 306 g/mol. The number of carbonyl (C=O) groups is 1. The van der Waals surface area contributed by atoms with Gasteiger partial charge < -0.3 is 4.79 Å². The van der Waals surface area contributed by atoms with Crippen LogP contribution in [0.15, 0.2) is 42.6 Å². The van der Waals surface area contributed by atoms with Crippen LogP contribution >= 0.6 is 11.6 Å². The van der Waals surface area contributed by atoms with E-state index in [0.717, 1.165) is 47.7 Å². The van der Waals surface area contributed by atoms with Crippen molar-refractivity contribution in [3.63, 3.8) is 0 Å². The van der Waals surface area contributed by atoms with Crippen molar-refractivity contribution in [1.82, 2.24) is 4.98 Å². The number of carbonyl (C=O) groups excluding carboxylic acids is 1. The molecule has 1 aromatic heterocycles. The van der Waals surface area contributed by atoms with E-state index in [2.05, 4.69) is 17.1 Å². The van der Waals surface area contributed by atoms with Crippen LogP contribution in [0, 0.1) is 11.8 Å². The molecule has 0 spiro atoms. The molecule has 0 unspecified atom stereocenters. The summed E-state index contributed by atoms with van der Waals surface area (Å²) in [5, 5.41) is 0.745. The number of rotatable bonds is 5. The van der Waals surface area contributed by atoms with Gasteiger partial charge in [-0.15, -0.1) is 0 Å². The first kappa shape index (κ1) is 16.2. The predicted octanol–water partition coefficient (Wildman–Crippen LogP) is 5.34. The van der Waals surface area contributed by atoms with Crippen LogP contribution in [0.25, 0.3) is 11.3 Å². The Labute approximate surface area is 142 Å². The van der Waals surface area contributed by atoms with Crippen molar-refractivity contribution in [2.45, 2.75) is 38.5 Å². The van der Waals surface area contributed by atoms with E-state index in [-0.39, 0.29) is 0 Å². The molecule has 3 heteroatoms. The first-order valence-electron chi connectivity index (χ1n) is 8.41. The van der Waals surface area contributed by atoms with E-state index < -0.39 is 0 Å². The van der Waals surface area contributed by atoms with Gasteiger partial charge in [0.05, 0.1) is 5.69 Å². The molecule has 2 nitrogen and oxygen atoms in total. The number of nitrogens with zero attached hydrogens (tertiary/aromatic N) is 1. The van der Waals surface area contributed by atoms with Gasteiger partial charge in [0.15, 0.2) is 0 Å². The SMILES string of the molecule is O=CC1CCC(CCc2ccc(-c3ccc(Cl)cc3)nc2)CC1. The lowest BCUT2D eigenvalue weighted by Gasteiger charge is -2.25. The van der Waals surface area contributed by atoms with Crippen molar-refractivity contribution in [2.24, 2.45) is 11.8 Å². The zero-order valence-electron chi connectivity index (χ0n) is 13.2. The Hall–Kier alpha value is -1.67. The largest absolute Gasteiger partial charge is 0.303 e. The molecule has 1 aliphatic rings. The molecular formula is C20H22ClNO. The van der Waals surface area contributed by atoms with Gasteiger partial charge in [0.25, 0.3) is 0 Å². The second kappa shape index (κ2) is 7.74. The Bertz CT molecular complexity index is 628. The zero-order valence-corrected chi connectivity index (χ0v) is 14.0. The van der Waals surface area contributed by atoms with Crippen molar-refractivity contribution >= 4 is 17.9 Å². The quantitative estimate of drug-likeness (QED) is 0.694. The molecule has 1 fully saturated rings. The number of aryl methyl sites for hydroxylation is 1. The first-order chi connectivity index (χ1) is 11.2. The van der Waals surface area contributed by atoms with Gasteiger partial charge in [0.1, 0.15) is 6.29 Å². The fourth-order valence-electron chi connectivity index (χ4n) is 3.35. The van der Waals surface area contributed by atoms with Crippen LogP contribution in [-0.2, 0) is 11.2 Å². The first-order valence-corrected chi connectivity index (χ1v) is 8.78. The molecule has 120 valence electrons. The Balaban J connectivity index is 1.54. The maximum absolute atomic E-state index is 10.8. The number of hydrogen-bond donors (Lipinski definition) is 0. The van der Waals surface area contributed by atoms with Gasteiger partial charge in [-0.25, -0.2) is 0 Å². The number of halogens is 1. The minimum atomic E-state index is 0.312. The molecule has 0 N–H and O–H groups in total. The maximum Gasteiger partial charge on any atom is 0.123 e. The Morgan fingerprint density at radius 3 is 2.39 bits per heavy atom. The average Bonchev–Trinajstić information content (AvgIpc) is 2.61. The molecule has 0 atom stereocenters. The summed E-state index contributed by atoms with van der Waals surface area (Å²) in [4.78, 5) is 15.4. The standard InChI is InChI=1S/C20H22ClNO/c21-19-10-8-18(9-11-19)20-12-7-16(13-22-20)4-1-15-2-5-17(14-23)6-3-15/h7-15,17H,1-6H2. The molecule has 2 aromatic rings. The van der Waals surface area contributed by atoms with E-state index in [9.17, 15) is 4.79 Å². The van der Waals surface area contributed by atoms with Crippen molar-refractivity contribution in [3.05, 3.63) is 53.2 Å². The summed E-state index contributed by atoms with van der Waals surface area (Å²) < 4.78 is 0. The smallest absolute Gasteiger partial charge is 0.123 e. The fraction of sp³-hybridized carbons (Fsp3) is 0.400. The van der Waals surface area contributed by atoms with E-state index in [1.54, 1.807) is 0 Å². The third-order valence-electron chi connectivity index (χ3n) is 4.89. The second-order valence-electron chi connectivity index (χ2n) is 6.51. The van der Waals surface area contributed by atoms with Crippen LogP contribution in [0.5, 0.6) is 0 Å².